The predicted molar refractivity (Wildman–Crippen MR) is 54.4 cm³/mol. The Morgan fingerprint density at radius 2 is 1.43 bits per heavy atom. The minimum Gasteiger partial charge on any atom is -0.304 e. The molecule has 0 aromatic heterocycles. The second kappa shape index (κ2) is 3.06. The van der Waals surface area contributed by atoms with Gasteiger partial charge in [-0.05, 0) is 12.1 Å². The molecule has 0 bridgehead atoms. The molecule has 14 heavy (non-hydrogen) atoms. The Morgan fingerprint density at radius 1 is 1.00 bits per heavy atom. The van der Waals surface area contributed by atoms with Gasteiger partial charge in [-0.2, -0.15) is 0 Å². The van der Waals surface area contributed by atoms with E-state index in [2.05, 4.69) is 0 Å². The lowest BCUT2D eigenvalue weighted by Crippen LogP contribution is -2.39. The zero-order valence-corrected chi connectivity index (χ0v) is 9.07. The average molecular weight is 204 g/mol. The van der Waals surface area contributed by atoms with Crippen molar-refractivity contribution in [1.29, 1.82) is 0 Å². The fourth-order valence-electron chi connectivity index (χ4n) is 1.60. The van der Waals surface area contributed by atoms with Crippen LogP contribution in [0.4, 0.5) is 0 Å². The number of carbonyl (C=O) groups is 2. The van der Waals surface area contributed by atoms with Crippen molar-refractivity contribution in [2.45, 2.75) is 13.1 Å². The molecule has 0 spiro atoms. The fourth-order valence-corrected chi connectivity index (χ4v) is 2.65. The van der Waals surface area contributed by atoms with E-state index in [1.54, 1.807) is 24.3 Å². The molecular weight excluding hydrogens is 194 g/mol. The molecule has 0 unspecified atom stereocenters. The highest BCUT2D eigenvalue weighted by molar-refractivity contribution is 6.62. The van der Waals surface area contributed by atoms with Gasteiger partial charge in [0.2, 0.25) is 0 Å². The molecule has 3 nitrogen and oxygen atoms in total. The Labute approximate surface area is 84.0 Å². The first-order chi connectivity index (χ1) is 6.63. The molecular formula is C10H10NO2Si. The summed E-state index contributed by atoms with van der Waals surface area (Å²) in [5, 5.41) is 0. The van der Waals surface area contributed by atoms with Crippen molar-refractivity contribution >= 4 is 20.8 Å². The number of carbonyl (C=O) groups excluding carboxylic acids is 2. The fraction of sp³-hybridized carbons (Fsp3) is 0.200. The van der Waals surface area contributed by atoms with Gasteiger partial charge in [0.25, 0.3) is 11.8 Å². The maximum atomic E-state index is 11.8. The molecule has 0 saturated carbocycles. The molecule has 1 aromatic carbocycles. The van der Waals surface area contributed by atoms with Crippen LogP contribution < -0.4 is 0 Å². The van der Waals surface area contributed by atoms with E-state index in [-0.39, 0.29) is 11.8 Å². The SMILES string of the molecule is C[Si](C)N1C(=O)c2ccccc2C1=O. The van der Waals surface area contributed by atoms with Crippen LogP contribution in [0, 0.1) is 0 Å². The summed E-state index contributed by atoms with van der Waals surface area (Å²) in [6, 6.07) is 6.98. The van der Waals surface area contributed by atoms with E-state index in [0.717, 1.165) is 0 Å². The Kier molecular flexibility index (Phi) is 2.00. The lowest BCUT2D eigenvalue weighted by molar-refractivity contribution is 0.0758. The van der Waals surface area contributed by atoms with Gasteiger partial charge in [-0.25, -0.2) is 0 Å². The van der Waals surface area contributed by atoms with Crippen LogP contribution in [0.3, 0.4) is 0 Å². The number of amides is 2. The minimum absolute atomic E-state index is 0.135. The van der Waals surface area contributed by atoms with E-state index in [9.17, 15) is 9.59 Å². The third-order valence-electron chi connectivity index (χ3n) is 2.24. The van der Waals surface area contributed by atoms with Crippen molar-refractivity contribution in [2.75, 3.05) is 0 Å². The van der Waals surface area contributed by atoms with E-state index in [1.165, 1.54) is 4.57 Å². The van der Waals surface area contributed by atoms with Gasteiger partial charge in [-0.1, -0.05) is 25.2 Å². The smallest absolute Gasteiger partial charge is 0.253 e. The molecule has 0 aliphatic carbocycles. The Balaban J connectivity index is 2.54. The summed E-state index contributed by atoms with van der Waals surface area (Å²) in [6.45, 7) is 3.87. The summed E-state index contributed by atoms with van der Waals surface area (Å²) in [5.74, 6) is -0.269. The number of imide groups is 1. The van der Waals surface area contributed by atoms with Crippen molar-refractivity contribution in [3.63, 3.8) is 0 Å². The molecule has 2 rings (SSSR count). The summed E-state index contributed by atoms with van der Waals surface area (Å²) in [4.78, 5) is 23.6. The van der Waals surface area contributed by atoms with Gasteiger partial charge < -0.3 is 4.57 Å². The summed E-state index contributed by atoms with van der Waals surface area (Å²) in [7, 11) is -1.04. The van der Waals surface area contributed by atoms with E-state index in [0.29, 0.717) is 11.1 Å². The molecule has 1 aromatic rings. The topological polar surface area (TPSA) is 37.4 Å². The Bertz CT molecular complexity index is 379. The largest absolute Gasteiger partial charge is 0.304 e. The second-order valence-corrected chi connectivity index (χ2v) is 5.78. The van der Waals surface area contributed by atoms with E-state index >= 15 is 0 Å². The molecule has 4 heteroatoms. The molecule has 0 atom stereocenters. The number of benzene rings is 1. The van der Waals surface area contributed by atoms with Gasteiger partial charge in [0.05, 0.1) is 11.1 Å². The van der Waals surface area contributed by atoms with E-state index < -0.39 is 8.96 Å². The normalized spacial score (nSPS) is 15.2. The highest BCUT2D eigenvalue weighted by atomic mass is 28.3. The van der Waals surface area contributed by atoms with E-state index in [4.69, 9.17) is 0 Å². The van der Waals surface area contributed by atoms with Gasteiger partial charge in [0, 0.05) is 0 Å². The van der Waals surface area contributed by atoms with Crippen LogP contribution in [-0.2, 0) is 0 Å². The molecule has 1 aliphatic heterocycles. The lowest BCUT2D eigenvalue weighted by atomic mass is 10.1. The van der Waals surface area contributed by atoms with Crippen molar-refractivity contribution < 1.29 is 9.59 Å². The van der Waals surface area contributed by atoms with Crippen LogP contribution in [0.1, 0.15) is 20.7 Å². The summed E-state index contributed by atoms with van der Waals surface area (Å²) < 4.78 is 1.40. The quantitative estimate of drug-likeness (QED) is 0.514. The number of hydrogen-bond donors (Lipinski definition) is 0. The maximum Gasteiger partial charge on any atom is 0.253 e. The zero-order chi connectivity index (χ0) is 10.3. The lowest BCUT2D eigenvalue weighted by Gasteiger charge is -2.16. The number of rotatable bonds is 1. The van der Waals surface area contributed by atoms with Gasteiger partial charge in [0.15, 0.2) is 8.96 Å². The van der Waals surface area contributed by atoms with Crippen LogP contribution in [0.5, 0.6) is 0 Å². The van der Waals surface area contributed by atoms with Crippen LogP contribution in [0.2, 0.25) is 13.1 Å². The number of hydrogen-bond acceptors (Lipinski definition) is 2. The predicted octanol–water partition coefficient (Wildman–Crippen LogP) is 1.53. The van der Waals surface area contributed by atoms with Crippen LogP contribution in [0.15, 0.2) is 24.3 Å². The molecule has 1 heterocycles. The molecule has 1 aliphatic rings. The third-order valence-corrected chi connectivity index (χ3v) is 3.54. The van der Waals surface area contributed by atoms with Gasteiger partial charge >= 0.3 is 0 Å². The molecule has 71 valence electrons. The van der Waals surface area contributed by atoms with Crippen molar-refractivity contribution in [1.82, 2.24) is 4.57 Å². The average Bonchev–Trinajstić information content (AvgIpc) is 2.41. The highest BCUT2D eigenvalue weighted by Crippen LogP contribution is 2.22. The maximum absolute atomic E-state index is 11.8. The minimum atomic E-state index is -1.04. The van der Waals surface area contributed by atoms with Crippen molar-refractivity contribution in [2.24, 2.45) is 0 Å². The van der Waals surface area contributed by atoms with Crippen LogP contribution in [-0.4, -0.2) is 25.3 Å². The number of fused-ring (bicyclic) bond motifs is 1. The van der Waals surface area contributed by atoms with Crippen molar-refractivity contribution in [3.8, 4) is 0 Å². The third kappa shape index (κ3) is 1.11. The molecule has 0 fully saturated rings. The summed E-state index contributed by atoms with van der Waals surface area (Å²) in [6.07, 6.45) is 0. The van der Waals surface area contributed by atoms with Gasteiger partial charge in [-0.3, -0.25) is 9.59 Å². The Hall–Kier alpha value is -1.42. The first-order valence-corrected chi connectivity index (χ1v) is 6.85. The standard InChI is InChI=1S/C10H10NO2Si/c1-14(2)11-9(12)7-5-3-4-6-8(7)10(11)13/h3-6H,1-2H3. The van der Waals surface area contributed by atoms with E-state index in [1.807, 2.05) is 13.1 Å². The molecule has 0 N–H and O–H groups in total. The van der Waals surface area contributed by atoms with Crippen molar-refractivity contribution in [3.05, 3.63) is 35.4 Å². The second-order valence-electron chi connectivity index (χ2n) is 3.44. The monoisotopic (exact) mass is 204 g/mol. The first-order valence-electron chi connectivity index (χ1n) is 4.41. The van der Waals surface area contributed by atoms with Gasteiger partial charge in [0.1, 0.15) is 0 Å². The first kappa shape index (κ1) is 9.14. The van der Waals surface area contributed by atoms with Crippen LogP contribution in [0.25, 0.3) is 0 Å². The van der Waals surface area contributed by atoms with Gasteiger partial charge in [-0.15, -0.1) is 0 Å². The molecule has 0 saturated heterocycles. The molecule has 2 amide bonds. The van der Waals surface area contributed by atoms with Crippen LogP contribution >= 0.6 is 0 Å². The summed E-state index contributed by atoms with van der Waals surface area (Å²) in [5.41, 5.74) is 1.09. The Morgan fingerprint density at radius 3 is 1.79 bits per heavy atom. The molecule has 1 radical (unpaired) electrons. The number of nitrogens with zero attached hydrogens (tertiary/aromatic N) is 1. The summed E-state index contributed by atoms with van der Waals surface area (Å²) >= 11 is 0. The highest BCUT2D eigenvalue weighted by Gasteiger charge is 2.36. The zero-order valence-electron chi connectivity index (χ0n) is 8.07.